The van der Waals surface area contributed by atoms with Gasteiger partial charge in [-0.1, -0.05) is 30.2 Å². The zero-order valence-electron chi connectivity index (χ0n) is 18.8. The summed E-state index contributed by atoms with van der Waals surface area (Å²) in [4.78, 5) is 43.0. The highest BCUT2D eigenvalue weighted by Crippen LogP contribution is 2.34. The number of carbonyl (C=O) groups is 3. The van der Waals surface area contributed by atoms with E-state index in [1.807, 2.05) is 6.92 Å². The average Bonchev–Trinajstić information content (AvgIpc) is 3.15. The number of aromatic nitrogens is 1. The van der Waals surface area contributed by atoms with E-state index in [-0.39, 0.29) is 22.7 Å². The van der Waals surface area contributed by atoms with E-state index in [0.717, 1.165) is 6.42 Å². The first-order valence-corrected chi connectivity index (χ1v) is 10.2. The Balaban J connectivity index is 2.14. The Morgan fingerprint density at radius 2 is 1.70 bits per heavy atom. The number of likely N-dealkylation sites (N-methyl/N-ethyl adjacent to an activating group) is 1. The molecule has 3 rings (SSSR count). The summed E-state index contributed by atoms with van der Waals surface area (Å²) in [5.41, 5.74) is -0.244. The van der Waals surface area contributed by atoms with Gasteiger partial charge < -0.3 is 19.5 Å². The fourth-order valence-corrected chi connectivity index (χ4v) is 3.31. The van der Waals surface area contributed by atoms with Crippen molar-refractivity contribution in [2.45, 2.75) is 13.3 Å². The monoisotopic (exact) mass is 453 g/mol. The number of nitrogens with zero attached hydrogens (tertiary/aromatic N) is 3. The third-order valence-corrected chi connectivity index (χ3v) is 4.89. The van der Waals surface area contributed by atoms with Crippen molar-refractivity contribution >= 4 is 29.4 Å². The summed E-state index contributed by atoms with van der Waals surface area (Å²) in [5.74, 6) is -1.52. The highest BCUT2D eigenvalue weighted by Gasteiger charge is 2.51. The molecule has 172 valence electrons. The minimum atomic E-state index is -0.833. The molecule has 1 aromatic heterocycles. The van der Waals surface area contributed by atoms with Gasteiger partial charge >= 0.3 is 11.9 Å². The van der Waals surface area contributed by atoms with Crippen molar-refractivity contribution in [3.05, 3.63) is 65.6 Å². The first-order valence-electron chi connectivity index (χ1n) is 10.2. The van der Waals surface area contributed by atoms with E-state index >= 15 is 0 Å². The summed E-state index contributed by atoms with van der Waals surface area (Å²) in [7, 11) is 3.93. The third kappa shape index (κ3) is 4.60. The number of benzene rings is 1. The van der Waals surface area contributed by atoms with Crippen LogP contribution in [0.2, 0.25) is 0 Å². The number of carbonyl (C=O) groups excluding carboxylic acids is 3. The van der Waals surface area contributed by atoms with Crippen LogP contribution in [0.4, 0.5) is 5.82 Å². The molecule has 0 radical (unpaired) electrons. The molecule has 1 aliphatic heterocycles. The van der Waals surface area contributed by atoms with Gasteiger partial charge in [0.25, 0.3) is 17.4 Å². The van der Waals surface area contributed by atoms with Gasteiger partial charge in [-0.15, -0.1) is 4.59 Å². The number of hydrogen-bond acceptors (Lipinski definition) is 8. The quantitative estimate of drug-likeness (QED) is 0.481. The van der Waals surface area contributed by atoms with Crippen LogP contribution in [0.15, 0.2) is 65.2 Å². The van der Waals surface area contributed by atoms with E-state index in [2.05, 4.69) is 15.4 Å². The number of rotatable bonds is 8. The van der Waals surface area contributed by atoms with Crippen LogP contribution in [-0.2, 0) is 19.1 Å². The molecule has 0 spiro atoms. The molecule has 0 aliphatic carbocycles. The molecule has 1 aromatic carbocycles. The van der Waals surface area contributed by atoms with Gasteiger partial charge in [-0.3, -0.25) is 4.79 Å². The molecule has 10 heteroatoms. The van der Waals surface area contributed by atoms with Crippen LogP contribution in [-0.4, -0.2) is 56.4 Å². The van der Waals surface area contributed by atoms with Crippen LogP contribution in [0, 0.1) is 0 Å². The molecule has 0 saturated carbocycles. The summed E-state index contributed by atoms with van der Waals surface area (Å²) in [6.07, 6.45) is 2.28. The summed E-state index contributed by atoms with van der Waals surface area (Å²) in [6, 6.07) is 11.7. The van der Waals surface area contributed by atoms with Crippen molar-refractivity contribution in [2.24, 2.45) is 5.10 Å². The molecular weight excluding hydrogens is 428 g/mol. The van der Waals surface area contributed by atoms with Gasteiger partial charge in [0.1, 0.15) is 12.8 Å². The van der Waals surface area contributed by atoms with E-state index in [1.54, 1.807) is 49.5 Å². The SMILES string of the molecule is CCCOc1ccccc1C(=O)NC1=C(C(=O)OC)[N+](C)(c2ccccn2)N=C1C(=O)OC. The Hall–Kier alpha value is -4.05. The maximum absolute atomic E-state index is 13.2. The normalized spacial score (nSPS) is 17.3. The molecule has 1 atom stereocenters. The lowest BCUT2D eigenvalue weighted by atomic mass is 10.1. The summed E-state index contributed by atoms with van der Waals surface area (Å²) in [5, 5.41) is 7.06. The van der Waals surface area contributed by atoms with Crippen LogP contribution >= 0.6 is 0 Å². The second kappa shape index (κ2) is 10.0. The number of ether oxygens (including phenoxy) is 3. The number of esters is 2. The van der Waals surface area contributed by atoms with E-state index in [1.165, 1.54) is 20.4 Å². The maximum atomic E-state index is 13.2. The first kappa shape index (κ1) is 23.6. The average molecular weight is 453 g/mol. The summed E-state index contributed by atoms with van der Waals surface area (Å²) in [6.45, 7) is 2.37. The smallest absolute Gasteiger partial charge is 0.397 e. The van der Waals surface area contributed by atoms with Crippen LogP contribution < -0.4 is 14.6 Å². The van der Waals surface area contributed by atoms with Crippen molar-refractivity contribution in [1.82, 2.24) is 14.9 Å². The zero-order chi connectivity index (χ0) is 24.0. The lowest BCUT2D eigenvalue weighted by Crippen LogP contribution is -2.42. The molecular formula is C23H25N4O6+. The molecule has 0 saturated heterocycles. The first-order chi connectivity index (χ1) is 15.9. The topological polar surface area (TPSA) is 116 Å². The van der Waals surface area contributed by atoms with Gasteiger partial charge in [-0.05, 0) is 24.6 Å². The molecule has 2 aromatic rings. The highest BCUT2D eigenvalue weighted by molar-refractivity contribution is 6.45. The van der Waals surface area contributed by atoms with E-state index in [4.69, 9.17) is 14.2 Å². The molecule has 1 unspecified atom stereocenters. The Kier molecular flexibility index (Phi) is 7.19. The Morgan fingerprint density at radius 3 is 2.33 bits per heavy atom. The lowest BCUT2D eigenvalue weighted by Gasteiger charge is -2.23. The van der Waals surface area contributed by atoms with Gasteiger partial charge in [0.05, 0.1) is 26.4 Å². The molecule has 10 nitrogen and oxygen atoms in total. The predicted molar refractivity (Wildman–Crippen MR) is 120 cm³/mol. The van der Waals surface area contributed by atoms with Crippen LogP contribution in [0.1, 0.15) is 23.7 Å². The van der Waals surface area contributed by atoms with Crippen molar-refractivity contribution in [1.29, 1.82) is 0 Å². The predicted octanol–water partition coefficient (Wildman–Crippen LogP) is 2.16. The second-order valence-electron chi connectivity index (χ2n) is 7.10. The Bertz CT molecular complexity index is 1130. The van der Waals surface area contributed by atoms with Gasteiger partial charge in [-0.2, -0.15) is 0 Å². The molecule has 1 N–H and O–H groups in total. The van der Waals surface area contributed by atoms with Crippen LogP contribution in [0.3, 0.4) is 0 Å². The molecule has 1 amide bonds. The number of hydrogen-bond donors (Lipinski definition) is 1. The largest absolute Gasteiger partial charge is 0.493 e. The lowest BCUT2D eigenvalue weighted by molar-refractivity contribution is -0.137. The minimum absolute atomic E-state index is 0.100. The van der Waals surface area contributed by atoms with Gasteiger partial charge in [-0.25, -0.2) is 14.6 Å². The molecule has 1 aliphatic rings. The molecule has 0 bridgehead atoms. The van der Waals surface area contributed by atoms with Crippen molar-refractivity contribution in [3.8, 4) is 5.75 Å². The number of pyridine rings is 1. The number of nitrogens with one attached hydrogen (secondary N) is 1. The number of amides is 1. The zero-order valence-corrected chi connectivity index (χ0v) is 18.8. The molecule has 2 heterocycles. The van der Waals surface area contributed by atoms with Gasteiger partial charge in [0, 0.05) is 12.3 Å². The number of quaternary nitrogens is 1. The third-order valence-electron chi connectivity index (χ3n) is 4.89. The van der Waals surface area contributed by atoms with Crippen molar-refractivity contribution < 1.29 is 28.6 Å². The minimum Gasteiger partial charge on any atom is -0.493 e. The van der Waals surface area contributed by atoms with Crippen molar-refractivity contribution in [3.63, 3.8) is 0 Å². The Morgan fingerprint density at radius 1 is 1.00 bits per heavy atom. The standard InChI is InChI=1S/C23H24N4O6/c1-5-14-33-16-11-7-6-10-15(16)21(28)25-18-19(22(29)31-3)26-27(2,20(18)23(30)32-4)17-12-8-9-13-24-17/h6-13H,5,14H2,1-4H3/p+1. The maximum Gasteiger partial charge on any atom is 0.397 e. The van der Waals surface area contributed by atoms with E-state index < -0.39 is 22.4 Å². The van der Waals surface area contributed by atoms with Crippen LogP contribution in [0.25, 0.3) is 0 Å². The Labute approximate surface area is 191 Å². The fourth-order valence-electron chi connectivity index (χ4n) is 3.31. The summed E-state index contributed by atoms with van der Waals surface area (Å²) >= 11 is 0. The van der Waals surface area contributed by atoms with Crippen LogP contribution in [0.5, 0.6) is 5.75 Å². The highest BCUT2D eigenvalue weighted by atomic mass is 16.5. The van der Waals surface area contributed by atoms with Crippen molar-refractivity contribution in [2.75, 3.05) is 27.9 Å². The fraction of sp³-hybridized carbons (Fsp3) is 0.261. The summed E-state index contributed by atoms with van der Waals surface area (Å²) < 4.78 is 14.9. The van der Waals surface area contributed by atoms with Gasteiger partial charge in [0.15, 0.2) is 5.70 Å². The van der Waals surface area contributed by atoms with E-state index in [9.17, 15) is 14.4 Å². The molecule has 33 heavy (non-hydrogen) atoms. The van der Waals surface area contributed by atoms with Gasteiger partial charge in [0.2, 0.25) is 5.71 Å². The number of para-hydroxylation sites is 1. The molecule has 0 fully saturated rings. The van der Waals surface area contributed by atoms with E-state index in [0.29, 0.717) is 18.2 Å². The number of methoxy groups -OCH3 is 2. The second-order valence-corrected chi connectivity index (χ2v) is 7.10.